The van der Waals surface area contributed by atoms with Crippen LogP contribution in [0, 0.1) is 5.95 Å². The highest BCUT2D eigenvalue weighted by Gasteiger charge is 2.01. The predicted molar refractivity (Wildman–Crippen MR) is 68.2 cm³/mol. The Balaban J connectivity index is 2.26. The fourth-order valence-corrected chi connectivity index (χ4v) is 1.87. The summed E-state index contributed by atoms with van der Waals surface area (Å²) in [7, 11) is 1.59. The Labute approximate surface area is 107 Å². The van der Waals surface area contributed by atoms with E-state index in [2.05, 4.69) is 26.2 Å². The van der Waals surface area contributed by atoms with Crippen molar-refractivity contribution in [1.82, 2.24) is 4.98 Å². The third-order valence-electron chi connectivity index (χ3n) is 2.12. The van der Waals surface area contributed by atoms with Crippen molar-refractivity contribution in [3.63, 3.8) is 0 Å². The van der Waals surface area contributed by atoms with E-state index in [4.69, 9.17) is 4.74 Å². The maximum atomic E-state index is 12.9. The highest BCUT2D eigenvalue weighted by molar-refractivity contribution is 9.10. The molecule has 0 aliphatic carbocycles. The summed E-state index contributed by atoms with van der Waals surface area (Å²) in [6, 6.07) is 8.56. The minimum Gasteiger partial charge on any atom is -0.497 e. The standard InChI is InChI=1S/C12H10BrFN2O/c1-17-11-5-8(13)4-10(6-11)16-9-2-3-15-12(14)7-9/h2-7H,1H3,(H,15,16). The van der Waals surface area contributed by atoms with Gasteiger partial charge in [-0.05, 0) is 18.2 Å². The maximum absolute atomic E-state index is 12.9. The number of pyridine rings is 1. The van der Waals surface area contributed by atoms with Crippen molar-refractivity contribution in [2.45, 2.75) is 0 Å². The van der Waals surface area contributed by atoms with Crippen LogP contribution in [0.2, 0.25) is 0 Å². The molecule has 3 nitrogen and oxygen atoms in total. The lowest BCUT2D eigenvalue weighted by Gasteiger charge is -2.08. The van der Waals surface area contributed by atoms with Crippen LogP contribution < -0.4 is 10.1 Å². The number of rotatable bonds is 3. The lowest BCUT2D eigenvalue weighted by atomic mass is 10.3. The third-order valence-corrected chi connectivity index (χ3v) is 2.58. The summed E-state index contributed by atoms with van der Waals surface area (Å²) in [4.78, 5) is 3.49. The Morgan fingerprint density at radius 3 is 2.76 bits per heavy atom. The van der Waals surface area contributed by atoms with Gasteiger partial charge in [-0.3, -0.25) is 0 Å². The summed E-state index contributed by atoms with van der Waals surface area (Å²) in [5.41, 5.74) is 1.44. The molecule has 0 radical (unpaired) electrons. The van der Waals surface area contributed by atoms with Gasteiger partial charge in [-0.15, -0.1) is 0 Å². The largest absolute Gasteiger partial charge is 0.497 e. The van der Waals surface area contributed by atoms with Gasteiger partial charge in [0.25, 0.3) is 0 Å². The van der Waals surface area contributed by atoms with Gasteiger partial charge in [0.2, 0.25) is 5.95 Å². The summed E-state index contributed by atoms with van der Waals surface area (Å²) in [5, 5.41) is 3.07. The number of aromatic nitrogens is 1. The van der Waals surface area contributed by atoms with Crippen molar-refractivity contribution in [3.05, 3.63) is 46.9 Å². The van der Waals surface area contributed by atoms with Gasteiger partial charge in [0.05, 0.1) is 7.11 Å². The van der Waals surface area contributed by atoms with Gasteiger partial charge in [-0.25, -0.2) is 4.98 Å². The Kier molecular flexibility index (Phi) is 3.58. The maximum Gasteiger partial charge on any atom is 0.214 e. The third kappa shape index (κ3) is 3.17. The molecule has 1 heterocycles. The molecular formula is C12H10BrFN2O. The molecule has 17 heavy (non-hydrogen) atoms. The molecular weight excluding hydrogens is 287 g/mol. The van der Waals surface area contributed by atoms with Crippen LogP contribution in [-0.4, -0.2) is 12.1 Å². The zero-order chi connectivity index (χ0) is 12.3. The fraction of sp³-hybridized carbons (Fsp3) is 0.0833. The summed E-state index contributed by atoms with van der Waals surface area (Å²) >= 11 is 3.38. The van der Waals surface area contributed by atoms with Crippen LogP contribution in [0.3, 0.4) is 0 Å². The molecule has 0 saturated carbocycles. The zero-order valence-electron chi connectivity index (χ0n) is 9.08. The molecule has 0 spiro atoms. The molecule has 0 atom stereocenters. The second kappa shape index (κ2) is 5.14. The number of nitrogens with one attached hydrogen (secondary N) is 1. The van der Waals surface area contributed by atoms with Crippen LogP contribution in [0.1, 0.15) is 0 Å². The van der Waals surface area contributed by atoms with Crippen molar-refractivity contribution in [2.24, 2.45) is 0 Å². The van der Waals surface area contributed by atoms with Gasteiger partial charge in [0, 0.05) is 34.2 Å². The fourth-order valence-electron chi connectivity index (χ4n) is 1.40. The number of hydrogen-bond acceptors (Lipinski definition) is 3. The number of benzene rings is 1. The molecule has 0 unspecified atom stereocenters. The molecule has 2 aromatic rings. The van der Waals surface area contributed by atoms with Crippen molar-refractivity contribution in [3.8, 4) is 5.75 Å². The van der Waals surface area contributed by atoms with E-state index in [9.17, 15) is 4.39 Å². The second-order valence-corrected chi connectivity index (χ2v) is 4.29. The number of anilines is 2. The summed E-state index contributed by atoms with van der Waals surface area (Å²) in [5.74, 6) is 0.202. The van der Waals surface area contributed by atoms with Crippen LogP contribution in [0.25, 0.3) is 0 Å². The molecule has 0 fully saturated rings. The molecule has 1 aromatic heterocycles. The van der Waals surface area contributed by atoms with Crippen molar-refractivity contribution in [2.75, 3.05) is 12.4 Å². The lowest BCUT2D eigenvalue weighted by molar-refractivity contribution is 0.415. The Bertz CT molecular complexity index is 534. The first kappa shape index (κ1) is 11.9. The number of methoxy groups -OCH3 is 1. The quantitative estimate of drug-likeness (QED) is 0.876. The van der Waals surface area contributed by atoms with Gasteiger partial charge in [0.15, 0.2) is 0 Å². The van der Waals surface area contributed by atoms with Gasteiger partial charge in [-0.1, -0.05) is 15.9 Å². The van der Waals surface area contributed by atoms with Crippen LogP contribution in [0.4, 0.5) is 15.8 Å². The molecule has 1 aromatic carbocycles. The normalized spacial score (nSPS) is 10.1. The van der Waals surface area contributed by atoms with E-state index in [-0.39, 0.29) is 0 Å². The van der Waals surface area contributed by atoms with Gasteiger partial charge >= 0.3 is 0 Å². The smallest absolute Gasteiger partial charge is 0.214 e. The second-order valence-electron chi connectivity index (χ2n) is 3.37. The molecule has 0 saturated heterocycles. The minimum atomic E-state index is -0.517. The Hall–Kier alpha value is -1.62. The lowest BCUT2D eigenvalue weighted by Crippen LogP contribution is -1.93. The van der Waals surface area contributed by atoms with E-state index in [1.165, 1.54) is 12.3 Å². The van der Waals surface area contributed by atoms with Gasteiger partial charge in [0.1, 0.15) is 5.75 Å². The average Bonchev–Trinajstić information content (AvgIpc) is 2.28. The highest BCUT2D eigenvalue weighted by atomic mass is 79.9. The molecule has 0 aliphatic heterocycles. The first-order valence-corrected chi connectivity index (χ1v) is 5.70. The minimum absolute atomic E-state index is 0.517. The van der Waals surface area contributed by atoms with E-state index in [1.54, 1.807) is 13.2 Å². The van der Waals surface area contributed by atoms with E-state index in [0.717, 1.165) is 15.9 Å². The molecule has 5 heteroatoms. The molecule has 0 bridgehead atoms. The van der Waals surface area contributed by atoms with E-state index in [1.807, 2.05) is 18.2 Å². The van der Waals surface area contributed by atoms with Crippen LogP contribution in [0.15, 0.2) is 41.0 Å². The topological polar surface area (TPSA) is 34.1 Å². The predicted octanol–water partition coefficient (Wildman–Crippen LogP) is 3.74. The SMILES string of the molecule is COc1cc(Br)cc(Nc2ccnc(F)c2)c1. The van der Waals surface area contributed by atoms with Crippen LogP contribution in [0.5, 0.6) is 5.75 Å². The zero-order valence-corrected chi connectivity index (χ0v) is 10.7. The highest BCUT2D eigenvalue weighted by Crippen LogP contribution is 2.26. The van der Waals surface area contributed by atoms with Crippen molar-refractivity contribution >= 4 is 27.3 Å². The van der Waals surface area contributed by atoms with E-state index < -0.39 is 5.95 Å². The first-order chi connectivity index (χ1) is 8.17. The monoisotopic (exact) mass is 296 g/mol. The molecule has 88 valence electrons. The summed E-state index contributed by atoms with van der Waals surface area (Å²) in [6.45, 7) is 0. The van der Waals surface area contributed by atoms with Crippen molar-refractivity contribution < 1.29 is 9.13 Å². The molecule has 2 rings (SSSR count). The molecule has 1 N–H and O–H groups in total. The van der Waals surface area contributed by atoms with Crippen molar-refractivity contribution in [1.29, 1.82) is 0 Å². The van der Waals surface area contributed by atoms with Crippen LogP contribution >= 0.6 is 15.9 Å². The summed E-state index contributed by atoms with van der Waals surface area (Å²) in [6.07, 6.45) is 1.41. The van der Waals surface area contributed by atoms with Gasteiger partial charge in [-0.2, -0.15) is 4.39 Å². The average molecular weight is 297 g/mol. The summed E-state index contributed by atoms with van der Waals surface area (Å²) < 4.78 is 18.9. The number of hydrogen-bond donors (Lipinski definition) is 1. The molecule has 0 aliphatic rings. The molecule has 0 amide bonds. The number of halogens is 2. The van der Waals surface area contributed by atoms with Crippen LogP contribution in [-0.2, 0) is 0 Å². The first-order valence-electron chi connectivity index (χ1n) is 4.90. The van der Waals surface area contributed by atoms with E-state index in [0.29, 0.717) is 5.69 Å². The number of nitrogens with zero attached hydrogens (tertiary/aromatic N) is 1. The Morgan fingerprint density at radius 2 is 2.06 bits per heavy atom. The van der Waals surface area contributed by atoms with E-state index >= 15 is 0 Å². The van der Waals surface area contributed by atoms with Gasteiger partial charge < -0.3 is 10.1 Å². The Morgan fingerprint density at radius 1 is 1.24 bits per heavy atom. The number of ether oxygens (including phenoxy) is 1.